The average molecular weight is 870 g/mol. The van der Waals surface area contributed by atoms with Crippen molar-refractivity contribution < 1.29 is 21.1 Å². The van der Waals surface area contributed by atoms with Crippen LogP contribution >= 0.6 is 31.7 Å². The molecule has 2 atom stereocenters. The molecule has 6 rings (SSSR count). The van der Waals surface area contributed by atoms with Crippen molar-refractivity contribution in [1.82, 2.24) is 0 Å². The minimum atomic E-state index is -0.835. The molecule has 0 aliphatic carbocycles. The summed E-state index contributed by atoms with van der Waals surface area (Å²) in [4.78, 5) is 0. The zero-order valence-electron chi connectivity index (χ0n) is 26.9. The molecule has 240 valence electrons. The summed E-state index contributed by atoms with van der Waals surface area (Å²) >= 11 is 0. The monoisotopic (exact) mass is 869 g/mol. The fraction of sp³-hybridized carbons (Fsp3) is 0.143. The molecule has 0 bridgehead atoms. The Balaban J connectivity index is 0.00000433. The Labute approximate surface area is 301 Å². The van der Waals surface area contributed by atoms with Crippen molar-refractivity contribution in [2.24, 2.45) is 0 Å². The largest absolute Gasteiger partial charge is 0.100 e. The van der Waals surface area contributed by atoms with Crippen LogP contribution in [0.4, 0.5) is 0 Å². The summed E-state index contributed by atoms with van der Waals surface area (Å²) in [5.41, 5.74) is 0. The number of hydrogen-bond donors (Lipinski definition) is 0. The summed E-state index contributed by atoms with van der Waals surface area (Å²) in [5.74, 6) is 0. The zero-order chi connectivity index (χ0) is 31.2. The molecule has 6 aromatic carbocycles. The molecule has 0 saturated carbocycles. The Kier molecular flexibility index (Phi) is 15.1. The van der Waals surface area contributed by atoms with Gasteiger partial charge >= 0.3 is 0 Å². The molecule has 0 radical (unpaired) electrons. The standard InChI is InChI=1S/C42H42P4.Pt/c1-7-19-37(20-8-1)43(33-35-45(39-23-11-3-12-24-39)40-25-13-4-14-26-40)31-32-44(38-21-9-2-10-22-38)34-36-46(41-27-15-5-16-28-41)42-29-17-6-18-30-42;/h1-30H,31-36H2;/p+4. The summed E-state index contributed by atoms with van der Waals surface area (Å²) in [6, 6.07) is 68.4. The van der Waals surface area contributed by atoms with Crippen molar-refractivity contribution in [1.29, 1.82) is 0 Å². The van der Waals surface area contributed by atoms with Gasteiger partial charge in [-0.05, 0) is 72.8 Å². The van der Waals surface area contributed by atoms with Crippen LogP contribution in [-0.4, -0.2) is 37.0 Å². The van der Waals surface area contributed by atoms with Crippen molar-refractivity contribution in [2.45, 2.75) is 0 Å². The van der Waals surface area contributed by atoms with Crippen molar-refractivity contribution in [2.75, 3.05) is 37.0 Å². The summed E-state index contributed by atoms with van der Waals surface area (Å²) in [5, 5.41) is 9.39. The zero-order valence-corrected chi connectivity index (χ0v) is 33.2. The molecule has 0 nitrogen and oxygen atoms in total. The van der Waals surface area contributed by atoms with Gasteiger partial charge in [0.2, 0.25) is 0 Å². The number of hydrogen-bond acceptors (Lipinski definition) is 0. The van der Waals surface area contributed by atoms with Crippen LogP contribution in [-0.2, 0) is 21.1 Å². The molecule has 0 amide bonds. The fourth-order valence-corrected chi connectivity index (χ4v) is 20.5. The Morgan fingerprint density at radius 2 is 0.426 bits per heavy atom. The average Bonchev–Trinajstić information content (AvgIpc) is 3.14. The van der Waals surface area contributed by atoms with Gasteiger partial charge in [0.25, 0.3) is 0 Å². The fourth-order valence-electron chi connectivity index (χ4n) is 6.50. The van der Waals surface area contributed by atoms with E-state index in [1.807, 2.05) is 0 Å². The first-order valence-corrected chi connectivity index (χ1v) is 23.8. The molecule has 0 saturated heterocycles. The third kappa shape index (κ3) is 10.6. The van der Waals surface area contributed by atoms with Gasteiger partial charge in [0.05, 0.1) is 72.3 Å². The van der Waals surface area contributed by atoms with Crippen LogP contribution in [0.15, 0.2) is 182 Å². The van der Waals surface area contributed by atoms with Crippen LogP contribution in [0.1, 0.15) is 0 Å². The molecule has 0 aliphatic rings. The minimum Gasteiger partial charge on any atom is -0.0620 e. The minimum absolute atomic E-state index is 0. The maximum Gasteiger partial charge on any atom is 0.100 e. The predicted octanol–water partition coefficient (Wildman–Crippen LogP) is 7.79. The first-order chi connectivity index (χ1) is 22.8. The molecule has 47 heavy (non-hydrogen) atoms. The van der Waals surface area contributed by atoms with Gasteiger partial charge in [-0.15, -0.1) is 0 Å². The third-order valence-electron chi connectivity index (χ3n) is 8.94. The number of rotatable bonds is 15. The first-order valence-electron chi connectivity index (χ1n) is 16.6. The summed E-state index contributed by atoms with van der Waals surface area (Å²) < 4.78 is 0. The van der Waals surface area contributed by atoms with E-state index in [9.17, 15) is 0 Å². The van der Waals surface area contributed by atoms with Crippen molar-refractivity contribution in [3.05, 3.63) is 182 Å². The Morgan fingerprint density at radius 1 is 0.234 bits per heavy atom. The molecule has 0 heterocycles. The van der Waals surface area contributed by atoms with Gasteiger partial charge in [-0.1, -0.05) is 109 Å². The van der Waals surface area contributed by atoms with Crippen LogP contribution in [0.5, 0.6) is 0 Å². The third-order valence-corrected chi connectivity index (χ3v) is 21.8. The second-order valence-corrected chi connectivity index (χ2v) is 22.7. The van der Waals surface area contributed by atoms with Crippen LogP contribution < -0.4 is 31.8 Å². The first kappa shape index (κ1) is 36.0. The van der Waals surface area contributed by atoms with Crippen LogP contribution in [0.3, 0.4) is 0 Å². The van der Waals surface area contributed by atoms with Crippen molar-refractivity contribution in [3.63, 3.8) is 0 Å². The summed E-state index contributed by atoms with van der Waals surface area (Å²) in [7, 11) is -3.10. The van der Waals surface area contributed by atoms with E-state index < -0.39 is 31.7 Å². The van der Waals surface area contributed by atoms with Gasteiger partial charge in [-0.2, -0.15) is 0 Å². The van der Waals surface area contributed by atoms with E-state index in [1.54, 1.807) is 31.8 Å². The van der Waals surface area contributed by atoms with Crippen molar-refractivity contribution in [3.8, 4) is 0 Å². The Bertz CT molecular complexity index is 1480. The molecular formula is C42H46P4Pt+4. The molecular weight excluding hydrogens is 823 g/mol. The molecule has 5 heteroatoms. The van der Waals surface area contributed by atoms with E-state index >= 15 is 0 Å². The van der Waals surface area contributed by atoms with E-state index in [-0.39, 0.29) is 21.1 Å². The predicted molar refractivity (Wildman–Crippen MR) is 219 cm³/mol. The van der Waals surface area contributed by atoms with Crippen LogP contribution in [0.25, 0.3) is 0 Å². The van der Waals surface area contributed by atoms with Gasteiger partial charge < -0.3 is 0 Å². The van der Waals surface area contributed by atoms with E-state index in [1.165, 1.54) is 37.0 Å². The quantitative estimate of drug-likeness (QED) is 0.0926. The molecule has 0 spiro atoms. The maximum atomic E-state index is 2.42. The number of benzene rings is 6. The van der Waals surface area contributed by atoms with Gasteiger partial charge in [0, 0.05) is 36.9 Å². The normalized spacial score (nSPS) is 12.4. The van der Waals surface area contributed by atoms with Crippen LogP contribution in [0, 0.1) is 0 Å². The maximum absolute atomic E-state index is 2.42. The van der Waals surface area contributed by atoms with Gasteiger partial charge in [-0.3, -0.25) is 0 Å². The van der Waals surface area contributed by atoms with Gasteiger partial charge in [0.15, 0.2) is 0 Å². The Morgan fingerprint density at radius 3 is 0.660 bits per heavy atom. The molecule has 0 fully saturated rings. The Hall–Kier alpha value is -2.27. The van der Waals surface area contributed by atoms with E-state index in [0.29, 0.717) is 0 Å². The van der Waals surface area contributed by atoms with E-state index in [0.717, 1.165) is 0 Å². The molecule has 2 unspecified atom stereocenters. The molecule has 6 aromatic rings. The van der Waals surface area contributed by atoms with Gasteiger partial charge in [0.1, 0.15) is 12.3 Å². The summed E-state index contributed by atoms with van der Waals surface area (Å²) in [6.07, 6.45) is 7.97. The molecule has 0 N–H and O–H groups in total. The van der Waals surface area contributed by atoms with Gasteiger partial charge in [-0.25, -0.2) is 0 Å². The summed E-state index contributed by atoms with van der Waals surface area (Å²) in [6.45, 7) is 0. The smallest absolute Gasteiger partial charge is 0.0620 e. The molecule has 0 aromatic heterocycles. The van der Waals surface area contributed by atoms with Crippen LogP contribution in [0.2, 0.25) is 0 Å². The van der Waals surface area contributed by atoms with E-state index in [4.69, 9.17) is 0 Å². The second kappa shape index (κ2) is 19.7. The topological polar surface area (TPSA) is 0 Å². The van der Waals surface area contributed by atoms with Crippen molar-refractivity contribution >= 4 is 63.5 Å². The SMILES string of the molecule is [Pt].c1ccc([PH+](CC[PH+](CC[PH+](c2ccccc2)c2ccccc2)c2ccccc2)CC[PH+](c2ccccc2)c2ccccc2)cc1. The van der Waals surface area contributed by atoms with E-state index in [2.05, 4.69) is 182 Å². The second-order valence-electron chi connectivity index (χ2n) is 11.9. The molecule has 0 aliphatic heterocycles.